The van der Waals surface area contributed by atoms with E-state index in [0.717, 1.165) is 55.5 Å². The van der Waals surface area contributed by atoms with E-state index in [1.807, 2.05) is 18.2 Å². The maximum atomic E-state index is 14.1. The summed E-state index contributed by atoms with van der Waals surface area (Å²) in [7, 11) is 7.14. The third-order valence-electron chi connectivity index (χ3n) is 12.9. The Balaban J connectivity index is 1.05. The molecule has 5 heterocycles. The van der Waals surface area contributed by atoms with Gasteiger partial charge in [0.15, 0.2) is 0 Å². The molecule has 1 unspecified atom stereocenters. The standard InChI is InChI=1S/C46H56N8O10/c1-23-13-35(53(19-23)43(55)38(24(2)60-5)51-45(57)62-7)41-47-18-34(49-41)28-9-11-30-29(15-28)22-64-37-17-31-27(16-32(30)37)10-12-33-40(31)50-42(48-33)36-14-26(21-59-4)20-54(36)44(56)39(25(3)61-6)52-46(58)63-8/h9-12,15-18,23-26,35-36,38-39H,13-14,19-22H2,1-8H3,(H,47,49)(H,48,50)(H,51,57)(H,52,58)/t23-,24-,25-,26-,35-,36-,38?,39-/m0/s1. The number of ether oxygens (including phenoxy) is 6. The predicted molar refractivity (Wildman–Crippen MR) is 235 cm³/mol. The fourth-order valence-electron chi connectivity index (χ4n) is 9.38. The number of aromatic amines is 2. The third-order valence-corrected chi connectivity index (χ3v) is 12.9. The van der Waals surface area contributed by atoms with E-state index in [1.54, 1.807) is 37.0 Å². The summed E-state index contributed by atoms with van der Waals surface area (Å²) in [5.41, 5.74) is 6.34. The Labute approximate surface area is 370 Å². The van der Waals surface area contributed by atoms with E-state index in [0.29, 0.717) is 50.8 Å². The molecule has 0 saturated carbocycles. The Hall–Kier alpha value is -6.24. The lowest BCUT2D eigenvalue weighted by Gasteiger charge is -2.30. The van der Waals surface area contributed by atoms with Crippen LogP contribution in [0.2, 0.25) is 0 Å². The van der Waals surface area contributed by atoms with E-state index in [1.165, 1.54) is 28.4 Å². The van der Waals surface area contributed by atoms with Crippen LogP contribution in [0.25, 0.3) is 44.2 Å². The normalized spacial score (nSPS) is 21.1. The van der Waals surface area contributed by atoms with Crippen molar-refractivity contribution in [2.24, 2.45) is 11.8 Å². The molecule has 64 heavy (non-hydrogen) atoms. The van der Waals surface area contributed by atoms with Crippen molar-refractivity contribution < 1.29 is 47.6 Å². The van der Waals surface area contributed by atoms with Crippen LogP contribution in [-0.4, -0.2) is 133 Å². The van der Waals surface area contributed by atoms with Gasteiger partial charge in [0, 0.05) is 51.3 Å². The number of benzene rings is 3. The number of hydrogen-bond acceptors (Lipinski definition) is 12. The lowest BCUT2D eigenvalue weighted by atomic mass is 9.92. The molecule has 4 amide bonds. The van der Waals surface area contributed by atoms with Crippen LogP contribution in [0.3, 0.4) is 0 Å². The topological polar surface area (TPSA) is 212 Å². The van der Waals surface area contributed by atoms with E-state index in [9.17, 15) is 19.2 Å². The SMILES string of the molecule is COC[C@H]1C[C@@H](c2nc3ccc4cc5c(cc4c3[nH]2)OCc2cc(-c3cnc([C@@H]4C[C@H](C)CN4C(=O)C(NC(=O)OC)[C@H](C)OC)[nH]3)ccc2-5)N(C(=O)[C@@H](NC(=O)OC)[C@H](C)OC)C1. The fraction of sp³-hybridized carbons (Fsp3) is 0.478. The summed E-state index contributed by atoms with van der Waals surface area (Å²) in [5, 5.41) is 7.22. The zero-order valence-corrected chi connectivity index (χ0v) is 37.4. The predicted octanol–water partition coefficient (Wildman–Crippen LogP) is 5.63. The second-order valence-electron chi connectivity index (χ2n) is 17.0. The van der Waals surface area contributed by atoms with Gasteiger partial charge in [-0.2, -0.15) is 0 Å². The smallest absolute Gasteiger partial charge is 0.407 e. The highest BCUT2D eigenvalue weighted by Gasteiger charge is 2.43. The molecule has 18 nitrogen and oxygen atoms in total. The first-order valence-electron chi connectivity index (χ1n) is 21.5. The molecule has 0 bridgehead atoms. The van der Waals surface area contributed by atoms with E-state index in [-0.39, 0.29) is 29.7 Å². The minimum atomic E-state index is -0.974. The molecule has 8 rings (SSSR count). The number of methoxy groups -OCH3 is 5. The zero-order valence-electron chi connectivity index (χ0n) is 37.4. The number of imidazole rings is 2. The van der Waals surface area contributed by atoms with Gasteiger partial charge in [-0.05, 0) is 78.9 Å². The Morgan fingerprint density at radius 1 is 0.812 bits per heavy atom. The largest absolute Gasteiger partial charge is 0.488 e. The van der Waals surface area contributed by atoms with Crippen molar-refractivity contribution in [3.63, 3.8) is 0 Å². The molecule has 0 aliphatic carbocycles. The van der Waals surface area contributed by atoms with Gasteiger partial charge in [0.25, 0.3) is 0 Å². The Bertz CT molecular complexity index is 2560. The highest BCUT2D eigenvalue weighted by atomic mass is 16.5. The van der Waals surface area contributed by atoms with Crippen LogP contribution >= 0.6 is 0 Å². The first kappa shape index (κ1) is 44.4. The number of H-pyrrole nitrogens is 2. The molecule has 8 atom stereocenters. The molecule has 340 valence electrons. The minimum Gasteiger partial charge on any atom is -0.488 e. The Kier molecular flexibility index (Phi) is 12.8. The molecule has 2 saturated heterocycles. The second-order valence-corrected chi connectivity index (χ2v) is 17.0. The Morgan fingerprint density at radius 2 is 1.48 bits per heavy atom. The molecule has 4 N–H and O–H groups in total. The summed E-state index contributed by atoms with van der Waals surface area (Å²) in [6.07, 6.45) is 0.481. The molecule has 2 fully saturated rings. The maximum Gasteiger partial charge on any atom is 0.407 e. The summed E-state index contributed by atoms with van der Waals surface area (Å²) >= 11 is 0. The van der Waals surface area contributed by atoms with Gasteiger partial charge < -0.3 is 58.8 Å². The summed E-state index contributed by atoms with van der Waals surface area (Å²) in [4.78, 5) is 72.8. The number of amides is 4. The summed E-state index contributed by atoms with van der Waals surface area (Å²) in [5.74, 6) is 1.74. The number of aromatic nitrogens is 4. The van der Waals surface area contributed by atoms with Crippen LogP contribution in [0.5, 0.6) is 5.75 Å². The highest BCUT2D eigenvalue weighted by molar-refractivity contribution is 6.07. The molecular weight excluding hydrogens is 825 g/mol. The average molecular weight is 881 g/mol. The van der Waals surface area contributed by atoms with E-state index < -0.39 is 42.5 Å². The van der Waals surface area contributed by atoms with Crippen molar-refractivity contribution in [3.8, 4) is 28.1 Å². The van der Waals surface area contributed by atoms with Crippen molar-refractivity contribution in [1.29, 1.82) is 0 Å². The molecule has 3 aliphatic heterocycles. The summed E-state index contributed by atoms with van der Waals surface area (Å²) in [6.45, 7) is 7.29. The molecule has 0 radical (unpaired) electrons. The number of carbonyl (C=O) groups excluding carboxylic acids is 4. The average Bonchev–Trinajstić information content (AvgIpc) is 4.14. The number of nitrogens with one attached hydrogen (secondary N) is 4. The molecule has 18 heteroatoms. The molecule has 5 aromatic rings. The van der Waals surface area contributed by atoms with Gasteiger partial charge >= 0.3 is 12.2 Å². The molecule has 3 aliphatic rings. The van der Waals surface area contributed by atoms with Crippen molar-refractivity contribution >= 4 is 45.8 Å². The van der Waals surface area contributed by atoms with Crippen molar-refractivity contribution in [3.05, 3.63) is 65.9 Å². The third kappa shape index (κ3) is 8.44. The zero-order chi connectivity index (χ0) is 45.4. The van der Waals surface area contributed by atoms with Crippen LogP contribution in [0.1, 0.15) is 62.9 Å². The lowest BCUT2D eigenvalue weighted by Crippen LogP contribution is -2.54. The van der Waals surface area contributed by atoms with Crippen LogP contribution in [0.4, 0.5) is 9.59 Å². The minimum absolute atomic E-state index is 0.0514. The number of carbonyl (C=O) groups is 4. The number of likely N-dealkylation sites (tertiary alicyclic amines) is 2. The van der Waals surface area contributed by atoms with Gasteiger partial charge in [0.2, 0.25) is 11.8 Å². The number of alkyl carbamates (subject to hydrolysis) is 2. The maximum absolute atomic E-state index is 14.1. The van der Waals surface area contributed by atoms with Crippen LogP contribution in [0, 0.1) is 11.8 Å². The second kappa shape index (κ2) is 18.5. The fourth-order valence-corrected chi connectivity index (χ4v) is 9.38. The van der Waals surface area contributed by atoms with Gasteiger partial charge in [0.05, 0.1) is 68.0 Å². The number of nitrogens with zero attached hydrogens (tertiary/aromatic N) is 4. The van der Waals surface area contributed by atoms with Gasteiger partial charge in [-0.25, -0.2) is 19.6 Å². The van der Waals surface area contributed by atoms with Crippen molar-refractivity contribution in [2.45, 2.75) is 76.6 Å². The van der Waals surface area contributed by atoms with Gasteiger partial charge in [-0.3, -0.25) is 9.59 Å². The molecular formula is C46H56N8O10. The lowest BCUT2D eigenvalue weighted by molar-refractivity contribution is -0.138. The summed E-state index contributed by atoms with van der Waals surface area (Å²) in [6, 6.07) is 11.8. The Morgan fingerprint density at radius 3 is 2.14 bits per heavy atom. The quantitative estimate of drug-likeness (QED) is 0.113. The number of rotatable bonds is 13. The molecule has 2 aromatic heterocycles. The number of hydrogen-bond donors (Lipinski definition) is 4. The van der Waals surface area contributed by atoms with Crippen molar-refractivity contribution in [1.82, 2.24) is 40.4 Å². The van der Waals surface area contributed by atoms with E-state index in [4.69, 9.17) is 38.4 Å². The monoisotopic (exact) mass is 880 g/mol. The first-order valence-corrected chi connectivity index (χ1v) is 21.5. The van der Waals surface area contributed by atoms with Gasteiger partial charge in [-0.15, -0.1) is 0 Å². The molecule has 0 spiro atoms. The van der Waals surface area contributed by atoms with E-state index >= 15 is 0 Å². The first-order chi connectivity index (χ1) is 30.8. The highest BCUT2D eigenvalue weighted by Crippen LogP contribution is 2.44. The molecule has 3 aromatic carbocycles. The summed E-state index contributed by atoms with van der Waals surface area (Å²) < 4.78 is 32.5. The van der Waals surface area contributed by atoms with Gasteiger partial charge in [0.1, 0.15) is 36.1 Å². The van der Waals surface area contributed by atoms with Crippen LogP contribution in [-0.2, 0) is 39.9 Å². The van der Waals surface area contributed by atoms with Crippen molar-refractivity contribution in [2.75, 3.05) is 55.2 Å². The van der Waals surface area contributed by atoms with E-state index in [2.05, 4.69) is 51.8 Å². The van der Waals surface area contributed by atoms with Crippen LogP contribution in [0.15, 0.2) is 48.7 Å². The van der Waals surface area contributed by atoms with Crippen LogP contribution < -0.4 is 15.4 Å². The number of fused-ring (bicyclic) bond motifs is 6. The van der Waals surface area contributed by atoms with Gasteiger partial charge in [-0.1, -0.05) is 25.1 Å².